The Balaban J connectivity index is 1.53. The number of halogens is 2. The normalized spacial score (nSPS) is 12.0. The Morgan fingerprint density at radius 3 is 2.71 bits per heavy atom. The number of rotatable bonds is 6. The van der Waals surface area contributed by atoms with Gasteiger partial charge in [-0.25, -0.2) is 19.0 Å². The number of ether oxygens (including phenoxy) is 1. The van der Waals surface area contributed by atoms with E-state index in [1.165, 1.54) is 37.3 Å². The van der Waals surface area contributed by atoms with Gasteiger partial charge < -0.3 is 10.1 Å². The molecule has 0 aliphatic rings. The molecule has 0 spiro atoms. The van der Waals surface area contributed by atoms with Crippen LogP contribution in [0, 0.1) is 5.82 Å². The van der Waals surface area contributed by atoms with Gasteiger partial charge in [0.1, 0.15) is 22.9 Å². The van der Waals surface area contributed by atoms with Gasteiger partial charge in [-0.1, -0.05) is 23.4 Å². The molecule has 2 aromatic heterocycles. The summed E-state index contributed by atoms with van der Waals surface area (Å²) in [5, 5.41) is 8.47. The number of benzene rings is 2. The standard InChI is InChI=1S/C21H17ClFN5O2S/c1-12(20(29)27-14-5-8-18(30-2)17(22)9-14)31-21-16-10-26-28(19(16)24-11-25-21)15-6-3-13(23)4-7-15/h3-12H,1-2H3,(H,27,29). The molecule has 0 fully saturated rings. The molecule has 0 saturated heterocycles. The van der Waals surface area contributed by atoms with Crippen LogP contribution in [0.3, 0.4) is 0 Å². The summed E-state index contributed by atoms with van der Waals surface area (Å²) in [5.41, 5.74) is 1.81. The number of fused-ring (bicyclic) bond motifs is 1. The molecule has 31 heavy (non-hydrogen) atoms. The lowest BCUT2D eigenvalue weighted by Crippen LogP contribution is -2.22. The summed E-state index contributed by atoms with van der Waals surface area (Å²) in [5.74, 6) is -0.00313. The van der Waals surface area contributed by atoms with Crippen LogP contribution in [0.5, 0.6) is 5.75 Å². The number of nitrogens with zero attached hydrogens (tertiary/aromatic N) is 4. The maximum atomic E-state index is 13.2. The first kappa shape index (κ1) is 21.1. The van der Waals surface area contributed by atoms with Crippen molar-refractivity contribution >= 4 is 46.0 Å². The largest absolute Gasteiger partial charge is 0.495 e. The van der Waals surface area contributed by atoms with Gasteiger partial charge in [0.05, 0.1) is 34.7 Å². The lowest BCUT2D eigenvalue weighted by Gasteiger charge is -2.13. The monoisotopic (exact) mass is 457 g/mol. The molecule has 7 nitrogen and oxygen atoms in total. The third-order valence-corrected chi connectivity index (χ3v) is 5.89. The number of amides is 1. The van der Waals surface area contributed by atoms with Gasteiger partial charge in [-0.05, 0) is 49.4 Å². The van der Waals surface area contributed by atoms with Gasteiger partial charge in [0, 0.05) is 5.69 Å². The molecule has 10 heteroatoms. The molecule has 0 bridgehead atoms. The van der Waals surface area contributed by atoms with E-state index in [0.29, 0.717) is 38.2 Å². The highest BCUT2D eigenvalue weighted by Crippen LogP contribution is 2.31. The fraction of sp³-hybridized carbons (Fsp3) is 0.143. The van der Waals surface area contributed by atoms with Crippen LogP contribution in [0.4, 0.5) is 10.1 Å². The molecule has 2 aromatic carbocycles. The van der Waals surface area contributed by atoms with Crippen LogP contribution in [0.15, 0.2) is 60.0 Å². The SMILES string of the molecule is COc1ccc(NC(=O)C(C)Sc2ncnc3c2cnn3-c2ccc(F)cc2)cc1Cl. The first-order chi connectivity index (χ1) is 15.0. The lowest BCUT2D eigenvalue weighted by atomic mass is 10.3. The van der Waals surface area contributed by atoms with Crippen molar-refractivity contribution in [1.82, 2.24) is 19.7 Å². The summed E-state index contributed by atoms with van der Waals surface area (Å²) in [6.07, 6.45) is 3.05. The van der Waals surface area contributed by atoms with E-state index < -0.39 is 5.25 Å². The number of carbonyl (C=O) groups excluding carboxylic acids is 1. The van der Waals surface area contributed by atoms with Crippen molar-refractivity contribution in [2.24, 2.45) is 0 Å². The molecule has 1 atom stereocenters. The number of aromatic nitrogens is 4. The molecule has 0 radical (unpaired) electrons. The van der Waals surface area contributed by atoms with Crippen molar-refractivity contribution in [2.45, 2.75) is 17.2 Å². The number of thioether (sulfide) groups is 1. The van der Waals surface area contributed by atoms with Crippen molar-refractivity contribution in [3.05, 3.63) is 65.8 Å². The zero-order valence-electron chi connectivity index (χ0n) is 16.5. The van der Waals surface area contributed by atoms with Crippen LogP contribution in [0.1, 0.15) is 6.92 Å². The third kappa shape index (κ3) is 4.47. The summed E-state index contributed by atoms with van der Waals surface area (Å²) in [6.45, 7) is 1.78. The van der Waals surface area contributed by atoms with E-state index in [4.69, 9.17) is 16.3 Å². The minimum absolute atomic E-state index is 0.205. The summed E-state index contributed by atoms with van der Waals surface area (Å²) < 4.78 is 20.0. The fourth-order valence-electron chi connectivity index (χ4n) is 2.90. The van der Waals surface area contributed by atoms with E-state index in [-0.39, 0.29) is 11.7 Å². The van der Waals surface area contributed by atoms with Crippen LogP contribution in [0.25, 0.3) is 16.7 Å². The highest BCUT2D eigenvalue weighted by atomic mass is 35.5. The van der Waals surface area contributed by atoms with Gasteiger partial charge in [-0.15, -0.1) is 0 Å². The molecule has 0 saturated carbocycles. The Morgan fingerprint density at radius 2 is 2.00 bits per heavy atom. The van der Waals surface area contributed by atoms with Gasteiger partial charge >= 0.3 is 0 Å². The van der Waals surface area contributed by atoms with Gasteiger partial charge in [0.2, 0.25) is 5.91 Å². The highest BCUT2D eigenvalue weighted by Gasteiger charge is 2.19. The highest BCUT2D eigenvalue weighted by molar-refractivity contribution is 8.00. The number of hydrogen-bond donors (Lipinski definition) is 1. The van der Waals surface area contributed by atoms with E-state index >= 15 is 0 Å². The Kier molecular flexibility index (Phi) is 6.06. The number of carbonyl (C=O) groups is 1. The van der Waals surface area contributed by atoms with Crippen molar-refractivity contribution in [2.75, 3.05) is 12.4 Å². The zero-order chi connectivity index (χ0) is 22.0. The van der Waals surface area contributed by atoms with Gasteiger partial charge in [-0.3, -0.25) is 4.79 Å². The molecular formula is C21H17ClFN5O2S. The Labute approximate surface area is 186 Å². The maximum Gasteiger partial charge on any atom is 0.237 e. The maximum absolute atomic E-state index is 13.2. The molecular weight excluding hydrogens is 441 g/mol. The third-order valence-electron chi connectivity index (χ3n) is 4.48. The average Bonchev–Trinajstić information content (AvgIpc) is 3.19. The van der Waals surface area contributed by atoms with Crippen LogP contribution in [-0.2, 0) is 4.79 Å². The first-order valence-electron chi connectivity index (χ1n) is 9.22. The summed E-state index contributed by atoms with van der Waals surface area (Å²) >= 11 is 7.41. The fourth-order valence-corrected chi connectivity index (χ4v) is 4.03. The van der Waals surface area contributed by atoms with Crippen molar-refractivity contribution in [3.8, 4) is 11.4 Å². The van der Waals surface area contributed by atoms with Gasteiger partial charge in [-0.2, -0.15) is 5.10 Å². The minimum atomic E-state index is -0.451. The molecule has 2 heterocycles. The van der Waals surface area contributed by atoms with Crippen molar-refractivity contribution in [3.63, 3.8) is 0 Å². The molecule has 1 unspecified atom stereocenters. The van der Waals surface area contributed by atoms with Gasteiger partial charge in [0.25, 0.3) is 0 Å². The van der Waals surface area contributed by atoms with Crippen LogP contribution < -0.4 is 10.1 Å². The van der Waals surface area contributed by atoms with Crippen LogP contribution in [0.2, 0.25) is 5.02 Å². The quantitative estimate of drug-likeness (QED) is 0.333. The van der Waals surface area contributed by atoms with E-state index in [0.717, 1.165) is 0 Å². The Morgan fingerprint density at radius 1 is 1.23 bits per heavy atom. The second-order valence-electron chi connectivity index (χ2n) is 6.55. The first-order valence-corrected chi connectivity index (χ1v) is 10.5. The molecule has 158 valence electrons. The van der Waals surface area contributed by atoms with Crippen LogP contribution in [-0.4, -0.2) is 38.0 Å². The number of nitrogens with one attached hydrogen (secondary N) is 1. The number of anilines is 1. The smallest absolute Gasteiger partial charge is 0.237 e. The number of methoxy groups -OCH3 is 1. The molecule has 1 N–H and O–H groups in total. The van der Waals surface area contributed by atoms with E-state index in [2.05, 4.69) is 20.4 Å². The van der Waals surface area contributed by atoms with E-state index in [9.17, 15) is 9.18 Å². The van der Waals surface area contributed by atoms with E-state index in [1.54, 1.807) is 48.1 Å². The summed E-state index contributed by atoms with van der Waals surface area (Å²) in [4.78, 5) is 21.3. The predicted molar refractivity (Wildman–Crippen MR) is 119 cm³/mol. The lowest BCUT2D eigenvalue weighted by molar-refractivity contribution is -0.115. The van der Waals surface area contributed by atoms with Crippen molar-refractivity contribution < 1.29 is 13.9 Å². The predicted octanol–water partition coefficient (Wildman–Crippen LogP) is 4.74. The Hall–Kier alpha value is -3.17. The Bertz CT molecular complexity index is 1250. The topological polar surface area (TPSA) is 81.9 Å². The second-order valence-corrected chi connectivity index (χ2v) is 8.28. The molecule has 4 aromatic rings. The average molecular weight is 458 g/mol. The molecule has 1 amide bonds. The summed E-state index contributed by atoms with van der Waals surface area (Å²) in [6, 6.07) is 11.0. The number of hydrogen-bond acceptors (Lipinski definition) is 6. The van der Waals surface area contributed by atoms with Crippen LogP contribution >= 0.6 is 23.4 Å². The summed E-state index contributed by atoms with van der Waals surface area (Å²) in [7, 11) is 1.53. The molecule has 0 aliphatic carbocycles. The molecule has 4 rings (SSSR count). The minimum Gasteiger partial charge on any atom is -0.495 e. The van der Waals surface area contributed by atoms with Crippen molar-refractivity contribution in [1.29, 1.82) is 0 Å². The second kappa shape index (κ2) is 8.91. The van der Waals surface area contributed by atoms with Gasteiger partial charge in [0.15, 0.2) is 5.65 Å². The van der Waals surface area contributed by atoms with E-state index in [1.807, 2.05) is 0 Å². The zero-order valence-corrected chi connectivity index (χ0v) is 18.1. The molecule has 0 aliphatic heterocycles.